The number of rotatable bonds is 3. The molecule has 1 aliphatic heterocycles. The average Bonchev–Trinajstić information content (AvgIpc) is 2.34. The first-order valence-corrected chi connectivity index (χ1v) is 6.25. The normalized spacial score (nSPS) is 30.4. The van der Waals surface area contributed by atoms with Crippen molar-refractivity contribution in [3.8, 4) is 0 Å². The fourth-order valence-corrected chi connectivity index (χ4v) is 2.62. The van der Waals surface area contributed by atoms with Gasteiger partial charge in [-0.2, -0.15) is 0 Å². The van der Waals surface area contributed by atoms with Crippen LogP contribution in [0.3, 0.4) is 0 Å². The van der Waals surface area contributed by atoms with E-state index in [0.29, 0.717) is 13.2 Å². The van der Waals surface area contributed by atoms with Crippen LogP contribution in [0.2, 0.25) is 0 Å². The van der Waals surface area contributed by atoms with Crippen molar-refractivity contribution in [1.82, 2.24) is 4.90 Å². The number of hydrogen-bond donors (Lipinski definition) is 1. The van der Waals surface area contributed by atoms with Crippen molar-refractivity contribution in [1.29, 1.82) is 0 Å². The zero-order valence-electron chi connectivity index (χ0n) is 10.6. The minimum absolute atomic E-state index is 0.469. The fraction of sp³-hybridized carbons (Fsp3) is 0.571. The van der Waals surface area contributed by atoms with Crippen molar-refractivity contribution in [2.45, 2.75) is 25.0 Å². The van der Waals surface area contributed by atoms with Crippen molar-refractivity contribution >= 4 is 0 Å². The molecule has 0 aromatic heterocycles. The molecule has 2 atom stereocenters. The molecule has 1 N–H and O–H groups in total. The highest BCUT2D eigenvalue weighted by atomic mass is 16.5. The quantitative estimate of drug-likeness (QED) is 0.864. The van der Waals surface area contributed by atoms with Crippen LogP contribution in [-0.4, -0.2) is 42.9 Å². The van der Waals surface area contributed by atoms with E-state index in [1.807, 2.05) is 44.3 Å². The lowest BCUT2D eigenvalue weighted by Crippen LogP contribution is -2.53. The van der Waals surface area contributed by atoms with E-state index in [1.54, 1.807) is 0 Å². The summed E-state index contributed by atoms with van der Waals surface area (Å²) in [6.45, 7) is 4.21. The molecule has 0 radical (unpaired) electrons. The predicted molar refractivity (Wildman–Crippen MR) is 67.9 cm³/mol. The molecule has 1 aliphatic rings. The summed E-state index contributed by atoms with van der Waals surface area (Å²) < 4.78 is 5.94. The van der Waals surface area contributed by atoms with Crippen LogP contribution in [0.5, 0.6) is 0 Å². The lowest BCUT2D eigenvalue weighted by molar-refractivity contribution is -0.158. The maximum absolute atomic E-state index is 10.4. The molecule has 1 aromatic carbocycles. The summed E-state index contributed by atoms with van der Waals surface area (Å²) in [6, 6.07) is 10.1. The van der Waals surface area contributed by atoms with E-state index in [1.165, 1.54) is 0 Å². The van der Waals surface area contributed by atoms with Crippen molar-refractivity contribution in [3.05, 3.63) is 35.9 Å². The highest BCUT2D eigenvalue weighted by Gasteiger charge is 2.43. The van der Waals surface area contributed by atoms with E-state index < -0.39 is 11.7 Å². The third-order valence-corrected chi connectivity index (χ3v) is 3.55. The number of hydrogen-bond acceptors (Lipinski definition) is 3. The molecule has 1 saturated heterocycles. The van der Waals surface area contributed by atoms with Crippen LogP contribution < -0.4 is 0 Å². The molecule has 0 bridgehead atoms. The second-order valence-corrected chi connectivity index (χ2v) is 4.72. The lowest BCUT2D eigenvalue weighted by atomic mass is 9.82. The molecule has 3 nitrogen and oxygen atoms in total. The molecule has 3 heteroatoms. The molecule has 0 saturated carbocycles. The smallest absolute Gasteiger partial charge is 0.121 e. The summed E-state index contributed by atoms with van der Waals surface area (Å²) in [5.74, 6) is 0. The van der Waals surface area contributed by atoms with E-state index >= 15 is 0 Å². The van der Waals surface area contributed by atoms with Crippen molar-refractivity contribution in [3.63, 3.8) is 0 Å². The first-order valence-electron chi connectivity index (χ1n) is 6.25. The Morgan fingerprint density at radius 2 is 2.12 bits per heavy atom. The number of aliphatic hydroxyl groups excluding tert-OH is 1. The fourth-order valence-electron chi connectivity index (χ4n) is 2.62. The molecular formula is C14H21NO2. The Bertz CT molecular complexity index is 354. The number of piperidine rings is 1. The van der Waals surface area contributed by atoms with Gasteiger partial charge in [0, 0.05) is 19.7 Å². The zero-order chi connectivity index (χ0) is 12.3. The standard InChI is InChI=1S/C14H21NO2/c1-3-17-14(12-7-5-4-6-8-12)9-10-15(2)11-13(14)16/h4-8,13,16H,3,9-11H2,1-2H3/t13-,14-/m0/s1. The van der Waals surface area contributed by atoms with Crippen molar-refractivity contribution in [2.75, 3.05) is 26.7 Å². The third-order valence-electron chi connectivity index (χ3n) is 3.55. The Hall–Kier alpha value is -0.900. The SMILES string of the molecule is CCO[C@]1(c2ccccc2)CCN(C)C[C@@H]1O. The minimum atomic E-state index is -0.525. The maximum atomic E-state index is 10.4. The second-order valence-electron chi connectivity index (χ2n) is 4.72. The number of aliphatic hydroxyl groups is 1. The van der Waals surface area contributed by atoms with Gasteiger partial charge in [-0.05, 0) is 26.0 Å². The van der Waals surface area contributed by atoms with Gasteiger partial charge in [0.1, 0.15) is 5.60 Å². The Balaban J connectivity index is 2.32. The molecule has 1 fully saturated rings. The van der Waals surface area contributed by atoms with Gasteiger partial charge in [-0.1, -0.05) is 30.3 Å². The second kappa shape index (κ2) is 5.17. The van der Waals surface area contributed by atoms with Gasteiger partial charge in [-0.15, -0.1) is 0 Å². The van der Waals surface area contributed by atoms with Crippen LogP contribution in [0.25, 0.3) is 0 Å². The monoisotopic (exact) mass is 235 g/mol. The van der Waals surface area contributed by atoms with Crippen molar-refractivity contribution in [2.24, 2.45) is 0 Å². The first-order chi connectivity index (χ1) is 8.19. The number of likely N-dealkylation sites (N-methyl/N-ethyl adjacent to an activating group) is 1. The summed E-state index contributed by atoms with van der Waals surface area (Å²) in [7, 11) is 2.03. The zero-order valence-corrected chi connectivity index (χ0v) is 10.6. The Morgan fingerprint density at radius 1 is 1.41 bits per heavy atom. The van der Waals surface area contributed by atoms with Crippen molar-refractivity contribution < 1.29 is 9.84 Å². The van der Waals surface area contributed by atoms with Crippen LogP contribution >= 0.6 is 0 Å². The Kier molecular flexibility index (Phi) is 3.82. The van der Waals surface area contributed by atoms with Gasteiger partial charge in [0.25, 0.3) is 0 Å². The molecule has 1 heterocycles. The van der Waals surface area contributed by atoms with Gasteiger partial charge in [-0.3, -0.25) is 0 Å². The highest BCUT2D eigenvalue weighted by molar-refractivity contribution is 5.25. The maximum Gasteiger partial charge on any atom is 0.121 e. The van der Waals surface area contributed by atoms with Gasteiger partial charge in [0.05, 0.1) is 6.10 Å². The van der Waals surface area contributed by atoms with Gasteiger partial charge in [0.15, 0.2) is 0 Å². The number of β-amino-alcohol motifs (C(OH)–C–C–N with tert-alkyl or cyclic N) is 1. The van der Waals surface area contributed by atoms with E-state index in [0.717, 1.165) is 18.5 Å². The summed E-state index contributed by atoms with van der Waals surface area (Å²) in [4.78, 5) is 2.14. The Labute approximate surface area is 103 Å². The van der Waals surface area contributed by atoms with Crippen LogP contribution in [0, 0.1) is 0 Å². The lowest BCUT2D eigenvalue weighted by Gasteiger charge is -2.44. The molecule has 0 spiro atoms. The topological polar surface area (TPSA) is 32.7 Å². The molecule has 94 valence electrons. The average molecular weight is 235 g/mol. The number of benzene rings is 1. The molecular weight excluding hydrogens is 214 g/mol. The van der Waals surface area contributed by atoms with Gasteiger partial charge in [-0.25, -0.2) is 0 Å². The predicted octanol–water partition coefficient (Wildman–Crippen LogP) is 1.61. The van der Waals surface area contributed by atoms with E-state index in [4.69, 9.17) is 4.74 Å². The largest absolute Gasteiger partial charge is 0.388 e. The van der Waals surface area contributed by atoms with Gasteiger partial charge in [0.2, 0.25) is 0 Å². The molecule has 0 amide bonds. The van der Waals surface area contributed by atoms with E-state index in [2.05, 4.69) is 4.90 Å². The molecule has 2 rings (SSSR count). The highest BCUT2D eigenvalue weighted by Crippen LogP contribution is 2.36. The minimum Gasteiger partial charge on any atom is -0.388 e. The number of likely N-dealkylation sites (tertiary alicyclic amines) is 1. The van der Waals surface area contributed by atoms with Gasteiger partial charge < -0.3 is 14.7 Å². The molecule has 0 unspecified atom stereocenters. The van der Waals surface area contributed by atoms with E-state index in [-0.39, 0.29) is 0 Å². The number of ether oxygens (including phenoxy) is 1. The number of nitrogens with zero attached hydrogens (tertiary/aromatic N) is 1. The summed E-state index contributed by atoms with van der Waals surface area (Å²) >= 11 is 0. The van der Waals surface area contributed by atoms with E-state index in [9.17, 15) is 5.11 Å². The van der Waals surface area contributed by atoms with Crippen LogP contribution in [0.4, 0.5) is 0 Å². The molecule has 17 heavy (non-hydrogen) atoms. The Morgan fingerprint density at radius 3 is 2.71 bits per heavy atom. The van der Waals surface area contributed by atoms with Crippen LogP contribution in [-0.2, 0) is 10.3 Å². The summed E-state index contributed by atoms with van der Waals surface area (Å²) in [5.41, 5.74) is 0.560. The third kappa shape index (κ3) is 2.37. The summed E-state index contributed by atoms with van der Waals surface area (Å²) in [6.07, 6.45) is 0.367. The van der Waals surface area contributed by atoms with Crippen LogP contribution in [0.1, 0.15) is 18.9 Å². The van der Waals surface area contributed by atoms with Gasteiger partial charge >= 0.3 is 0 Å². The summed E-state index contributed by atoms with van der Waals surface area (Å²) in [5, 5.41) is 10.4. The molecule has 0 aliphatic carbocycles. The van der Waals surface area contributed by atoms with Crippen LogP contribution in [0.15, 0.2) is 30.3 Å². The molecule has 1 aromatic rings. The first kappa shape index (κ1) is 12.6.